The lowest BCUT2D eigenvalue weighted by atomic mass is 10.3. The van der Waals surface area contributed by atoms with Crippen LogP contribution in [0.25, 0.3) is 0 Å². The first kappa shape index (κ1) is 8.63. The Labute approximate surface area is 75.4 Å². The standard InChI is InChI=1S/C6H4F2INO/c7-6(8)4-1-3(9)5(11)2-10-4/h1-2,6,11H. The van der Waals surface area contributed by atoms with Crippen LogP contribution in [-0.2, 0) is 0 Å². The van der Waals surface area contributed by atoms with Crippen molar-refractivity contribution in [2.75, 3.05) is 0 Å². The van der Waals surface area contributed by atoms with E-state index >= 15 is 0 Å². The largest absolute Gasteiger partial charge is 0.505 e. The zero-order valence-electron chi connectivity index (χ0n) is 5.26. The zero-order valence-corrected chi connectivity index (χ0v) is 7.42. The summed E-state index contributed by atoms with van der Waals surface area (Å²) in [5.74, 6) is -0.0741. The van der Waals surface area contributed by atoms with Gasteiger partial charge in [0.05, 0.1) is 9.77 Å². The van der Waals surface area contributed by atoms with Crippen LogP contribution in [0.4, 0.5) is 8.78 Å². The van der Waals surface area contributed by atoms with E-state index in [9.17, 15) is 8.78 Å². The molecule has 1 aromatic heterocycles. The molecule has 0 aliphatic heterocycles. The van der Waals surface area contributed by atoms with Crippen LogP contribution < -0.4 is 0 Å². The maximum atomic E-state index is 11.9. The Morgan fingerprint density at radius 3 is 2.64 bits per heavy atom. The molecule has 0 aromatic carbocycles. The van der Waals surface area contributed by atoms with E-state index in [2.05, 4.69) is 4.98 Å². The molecule has 1 N–H and O–H groups in total. The number of halogens is 3. The molecular formula is C6H4F2INO. The third-order valence-electron chi connectivity index (χ3n) is 1.08. The average molecular weight is 271 g/mol. The first-order valence-electron chi connectivity index (χ1n) is 2.74. The highest BCUT2D eigenvalue weighted by Crippen LogP contribution is 2.23. The highest BCUT2D eigenvalue weighted by Gasteiger charge is 2.09. The maximum absolute atomic E-state index is 11.9. The van der Waals surface area contributed by atoms with Gasteiger partial charge >= 0.3 is 0 Å². The molecule has 0 aliphatic rings. The van der Waals surface area contributed by atoms with Crippen molar-refractivity contribution in [2.45, 2.75) is 6.43 Å². The van der Waals surface area contributed by atoms with Gasteiger partial charge in [-0.25, -0.2) is 8.78 Å². The van der Waals surface area contributed by atoms with Gasteiger partial charge in [-0.05, 0) is 28.7 Å². The van der Waals surface area contributed by atoms with Gasteiger partial charge in [-0.1, -0.05) is 0 Å². The molecule has 1 aromatic rings. The number of pyridine rings is 1. The van der Waals surface area contributed by atoms with E-state index in [1.165, 1.54) is 0 Å². The van der Waals surface area contributed by atoms with E-state index in [0.29, 0.717) is 3.57 Å². The molecule has 0 saturated carbocycles. The molecule has 0 saturated heterocycles. The van der Waals surface area contributed by atoms with Crippen LogP contribution in [0, 0.1) is 3.57 Å². The molecule has 0 aliphatic carbocycles. The molecular weight excluding hydrogens is 267 g/mol. The van der Waals surface area contributed by atoms with E-state index in [-0.39, 0.29) is 11.4 Å². The molecule has 0 spiro atoms. The summed E-state index contributed by atoms with van der Waals surface area (Å²) >= 11 is 1.76. The Morgan fingerprint density at radius 1 is 1.55 bits per heavy atom. The van der Waals surface area contributed by atoms with E-state index in [1.807, 2.05) is 0 Å². The van der Waals surface area contributed by atoms with Gasteiger partial charge < -0.3 is 5.11 Å². The average Bonchev–Trinajstić information content (AvgIpc) is 1.94. The highest BCUT2D eigenvalue weighted by atomic mass is 127. The summed E-state index contributed by atoms with van der Waals surface area (Å²) < 4.78 is 24.2. The third-order valence-corrected chi connectivity index (χ3v) is 1.94. The number of aromatic hydroxyl groups is 1. The Kier molecular flexibility index (Phi) is 2.58. The second-order valence-electron chi connectivity index (χ2n) is 1.86. The fraction of sp³-hybridized carbons (Fsp3) is 0.167. The molecule has 5 heteroatoms. The molecule has 0 unspecified atom stereocenters. The zero-order chi connectivity index (χ0) is 8.43. The van der Waals surface area contributed by atoms with Crippen molar-refractivity contribution in [3.8, 4) is 5.75 Å². The summed E-state index contributed by atoms with van der Waals surface area (Å²) in [4.78, 5) is 3.33. The molecule has 0 bridgehead atoms. The van der Waals surface area contributed by atoms with E-state index in [0.717, 1.165) is 12.3 Å². The molecule has 2 nitrogen and oxygen atoms in total. The van der Waals surface area contributed by atoms with Crippen LogP contribution in [0.3, 0.4) is 0 Å². The number of hydrogen-bond acceptors (Lipinski definition) is 2. The molecule has 0 fully saturated rings. The van der Waals surface area contributed by atoms with Gasteiger partial charge in [0.2, 0.25) is 0 Å². The lowest BCUT2D eigenvalue weighted by molar-refractivity contribution is 0.146. The van der Waals surface area contributed by atoms with Crippen molar-refractivity contribution >= 4 is 22.6 Å². The second kappa shape index (κ2) is 3.29. The summed E-state index contributed by atoms with van der Waals surface area (Å²) in [6.07, 6.45) is -1.56. The predicted molar refractivity (Wildman–Crippen MR) is 43.6 cm³/mol. The molecule has 0 atom stereocenters. The van der Waals surface area contributed by atoms with Gasteiger partial charge in [-0.3, -0.25) is 4.98 Å². The number of hydrogen-bond donors (Lipinski definition) is 1. The topological polar surface area (TPSA) is 33.1 Å². The van der Waals surface area contributed by atoms with Crippen molar-refractivity contribution in [1.29, 1.82) is 0 Å². The van der Waals surface area contributed by atoms with E-state index in [4.69, 9.17) is 5.11 Å². The first-order valence-corrected chi connectivity index (χ1v) is 3.81. The van der Waals surface area contributed by atoms with E-state index in [1.54, 1.807) is 22.6 Å². The number of alkyl halides is 2. The van der Waals surface area contributed by atoms with Crippen LogP contribution in [0.5, 0.6) is 5.75 Å². The monoisotopic (exact) mass is 271 g/mol. The Hall–Kier alpha value is -0.460. The first-order chi connectivity index (χ1) is 5.11. The van der Waals surface area contributed by atoms with Crippen molar-refractivity contribution in [3.63, 3.8) is 0 Å². The van der Waals surface area contributed by atoms with Crippen molar-refractivity contribution in [1.82, 2.24) is 4.98 Å². The predicted octanol–water partition coefficient (Wildman–Crippen LogP) is 2.33. The maximum Gasteiger partial charge on any atom is 0.280 e. The number of nitrogens with zero attached hydrogens (tertiary/aromatic N) is 1. The molecule has 1 rings (SSSR count). The van der Waals surface area contributed by atoms with Gasteiger partial charge in [-0.15, -0.1) is 0 Å². The summed E-state index contributed by atoms with van der Waals surface area (Å²) in [7, 11) is 0. The second-order valence-corrected chi connectivity index (χ2v) is 3.02. The van der Waals surface area contributed by atoms with Crippen molar-refractivity contribution in [3.05, 3.63) is 21.5 Å². The summed E-state index contributed by atoms with van der Waals surface area (Å²) in [6, 6.07) is 1.15. The Bertz CT molecular complexity index is 267. The van der Waals surface area contributed by atoms with Gasteiger partial charge in [0.25, 0.3) is 6.43 Å². The van der Waals surface area contributed by atoms with Crippen molar-refractivity contribution < 1.29 is 13.9 Å². The minimum atomic E-state index is -2.58. The van der Waals surface area contributed by atoms with Crippen molar-refractivity contribution in [2.24, 2.45) is 0 Å². The molecule has 60 valence electrons. The minimum Gasteiger partial charge on any atom is -0.505 e. The lowest BCUT2D eigenvalue weighted by Gasteiger charge is -1.99. The van der Waals surface area contributed by atoms with Gasteiger partial charge in [0.1, 0.15) is 11.4 Å². The van der Waals surface area contributed by atoms with Crippen LogP contribution in [0.15, 0.2) is 12.3 Å². The molecule has 11 heavy (non-hydrogen) atoms. The van der Waals surface area contributed by atoms with Crippen LogP contribution in [0.2, 0.25) is 0 Å². The SMILES string of the molecule is Oc1cnc(C(F)F)cc1I. The van der Waals surface area contributed by atoms with Gasteiger partial charge in [0.15, 0.2) is 0 Å². The van der Waals surface area contributed by atoms with Crippen LogP contribution in [0.1, 0.15) is 12.1 Å². The smallest absolute Gasteiger partial charge is 0.280 e. The normalized spacial score (nSPS) is 10.5. The quantitative estimate of drug-likeness (QED) is 0.795. The third kappa shape index (κ3) is 1.98. The minimum absolute atomic E-state index is 0.0741. The van der Waals surface area contributed by atoms with Crippen LogP contribution in [-0.4, -0.2) is 10.1 Å². The lowest BCUT2D eigenvalue weighted by Crippen LogP contribution is -1.89. The summed E-state index contributed by atoms with van der Waals surface area (Å²) in [6.45, 7) is 0. The fourth-order valence-electron chi connectivity index (χ4n) is 0.558. The fourth-order valence-corrected chi connectivity index (χ4v) is 1.02. The Balaban J connectivity index is 3.05. The van der Waals surface area contributed by atoms with Gasteiger partial charge in [-0.2, -0.15) is 0 Å². The molecule has 1 heterocycles. The Morgan fingerprint density at radius 2 is 2.18 bits per heavy atom. The number of aromatic nitrogens is 1. The number of rotatable bonds is 1. The highest BCUT2D eigenvalue weighted by molar-refractivity contribution is 14.1. The van der Waals surface area contributed by atoms with E-state index < -0.39 is 6.43 Å². The molecule has 0 amide bonds. The summed E-state index contributed by atoms with van der Waals surface area (Å²) in [5, 5.41) is 8.91. The summed E-state index contributed by atoms with van der Waals surface area (Å²) in [5.41, 5.74) is -0.313. The molecule has 0 radical (unpaired) electrons. The van der Waals surface area contributed by atoms with Gasteiger partial charge in [0, 0.05) is 0 Å². The van der Waals surface area contributed by atoms with Crippen LogP contribution >= 0.6 is 22.6 Å².